The van der Waals surface area contributed by atoms with Gasteiger partial charge in [0.25, 0.3) is 0 Å². The van der Waals surface area contributed by atoms with Crippen LogP contribution in [0.3, 0.4) is 0 Å². The maximum atomic E-state index is 11.4. The van der Waals surface area contributed by atoms with Crippen LogP contribution >= 0.6 is 0 Å². The van der Waals surface area contributed by atoms with Gasteiger partial charge in [0.15, 0.2) is 0 Å². The van der Waals surface area contributed by atoms with Crippen LogP contribution in [0.1, 0.15) is 29.9 Å². The topological polar surface area (TPSA) is 71.8 Å². The van der Waals surface area contributed by atoms with Crippen molar-refractivity contribution in [3.8, 4) is 0 Å². The average molecular weight is 208 g/mol. The van der Waals surface area contributed by atoms with Gasteiger partial charge in [0, 0.05) is 6.20 Å². The Morgan fingerprint density at radius 2 is 2.40 bits per heavy atom. The Bertz CT molecular complexity index is 388. The van der Waals surface area contributed by atoms with Crippen molar-refractivity contribution in [2.45, 2.75) is 13.8 Å². The van der Waals surface area contributed by atoms with E-state index in [9.17, 15) is 4.79 Å². The van der Waals surface area contributed by atoms with E-state index < -0.39 is 5.97 Å². The zero-order chi connectivity index (χ0) is 11.3. The number of esters is 1. The first-order valence-corrected chi connectivity index (χ1v) is 4.51. The summed E-state index contributed by atoms with van der Waals surface area (Å²) in [5, 5.41) is 11.6. The van der Waals surface area contributed by atoms with E-state index in [-0.39, 0.29) is 0 Å². The molecule has 0 aromatic carbocycles. The Kier molecular flexibility index (Phi) is 3.79. The van der Waals surface area contributed by atoms with Crippen molar-refractivity contribution in [3.63, 3.8) is 0 Å². The van der Waals surface area contributed by atoms with Crippen molar-refractivity contribution in [3.05, 3.63) is 29.6 Å². The van der Waals surface area contributed by atoms with Crippen LogP contribution in [0.25, 0.3) is 0 Å². The molecule has 80 valence electrons. The van der Waals surface area contributed by atoms with Crippen molar-refractivity contribution < 1.29 is 14.7 Å². The predicted molar refractivity (Wildman–Crippen MR) is 54.2 cm³/mol. The lowest BCUT2D eigenvalue weighted by atomic mass is 10.2. The quantitative estimate of drug-likeness (QED) is 0.353. The Labute approximate surface area is 87.4 Å². The molecule has 1 aromatic rings. The summed E-state index contributed by atoms with van der Waals surface area (Å²) in [5.41, 5.74) is 1.19. The minimum absolute atomic E-state index is 0.323. The monoisotopic (exact) mass is 208 g/mol. The first-order chi connectivity index (χ1) is 7.19. The summed E-state index contributed by atoms with van der Waals surface area (Å²) in [4.78, 5) is 15.3. The third-order valence-corrected chi connectivity index (χ3v) is 1.79. The van der Waals surface area contributed by atoms with Gasteiger partial charge in [-0.1, -0.05) is 5.16 Å². The van der Waals surface area contributed by atoms with E-state index in [1.165, 1.54) is 12.3 Å². The number of nitrogens with zero attached hydrogens (tertiary/aromatic N) is 2. The smallest absolute Gasteiger partial charge is 0.338 e. The maximum Gasteiger partial charge on any atom is 0.338 e. The van der Waals surface area contributed by atoms with Crippen LogP contribution in [0.2, 0.25) is 0 Å². The van der Waals surface area contributed by atoms with Crippen molar-refractivity contribution in [1.82, 2.24) is 4.98 Å². The second-order valence-corrected chi connectivity index (χ2v) is 2.84. The first kappa shape index (κ1) is 11.2. The minimum Gasteiger partial charge on any atom is -0.462 e. The molecule has 0 radical (unpaired) electrons. The molecule has 1 heterocycles. The molecule has 0 fully saturated rings. The zero-order valence-electron chi connectivity index (χ0n) is 8.60. The molecule has 0 amide bonds. The van der Waals surface area contributed by atoms with Crippen LogP contribution in [-0.2, 0) is 4.74 Å². The van der Waals surface area contributed by atoms with E-state index in [4.69, 9.17) is 9.94 Å². The third kappa shape index (κ3) is 2.77. The van der Waals surface area contributed by atoms with Crippen molar-refractivity contribution >= 4 is 11.7 Å². The molecule has 1 rings (SSSR count). The Morgan fingerprint density at radius 1 is 1.67 bits per heavy atom. The molecule has 0 saturated heterocycles. The fourth-order valence-electron chi connectivity index (χ4n) is 1.02. The van der Waals surface area contributed by atoms with Crippen LogP contribution in [0.4, 0.5) is 0 Å². The molecule has 1 N–H and O–H groups in total. The zero-order valence-corrected chi connectivity index (χ0v) is 8.60. The highest BCUT2D eigenvalue weighted by Crippen LogP contribution is 2.05. The van der Waals surface area contributed by atoms with E-state index in [2.05, 4.69) is 10.1 Å². The molecule has 0 spiro atoms. The molecule has 5 heteroatoms. The summed E-state index contributed by atoms with van der Waals surface area (Å²) < 4.78 is 4.83. The fourth-order valence-corrected chi connectivity index (χ4v) is 1.02. The van der Waals surface area contributed by atoms with E-state index in [0.29, 0.717) is 23.6 Å². The standard InChI is InChI=1S/C10H12N2O3/c1-3-15-10(13)8-4-5-11-9(6-8)7(2)12-14/h4-6,14H,3H2,1-2H3. The second kappa shape index (κ2) is 5.09. The number of pyridine rings is 1. The second-order valence-electron chi connectivity index (χ2n) is 2.84. The first-order valence-electron chi connectivity index (χ1n) is 4.51. The van der Waals surface area contributed by atoms with Gasteiger partial charge in [0.2, 0.25) is 0 Å². The molecule has 0 bridgehead atoms. The van der Waals surface area contributed by atoms with Crippen molar-refractivity contribution in [2.24, 2.45) is 5.16 Å². The number of rotatable bonds is 3. The molecule has 0 aliphatic rings. The summed E-state index contributed by atoms with van der Waals surface area (Å²) in [6, 6.07) is 3.07. The van der Waals surface area contributed by atoms with Crippen molar-refractivity contribution in [1.29, 1.82) is 0 Å². The predicted octanol–water partition coefficient (Wildman–Crippen LogP) is 1.46. The van der Waals surface area contributed by atoms with Crippen LogP contribution < -0.4 is 0 Å². The van der Waals surface area contributed by atoms with Gasteiger partial charge in [-0.3, -0.25) is 4.98 Å². The average Bonchev–Trinajstić information content (AvgIpc) is 2.28. The minimum atomic E-state index is -0.410. The lowest BCUT2D eigenvalue weighted by Gasteiger charge is -2.02. The maximum absolute atomic E-state index is 11.4. The van der Waals surface area contributed by atoms with Gasteiger partial charge < -0.3 is 9.94 Å². The van der Waals surface area contributed by atoms with Gasteiger partial charge in [-0.2, -0.15) is 0 Å². The number of oxime groups is 1. The fraction of sp³-hybridized carbons (Fsp3) is 0.300. The Balaban J connectivity index is 2.97. The molecule has 1 aromatic heterocycles. The molecule has 0 aliphatic carbocycles. The Morgan fingerprint density at radius 3 is 3.00 bits per heavy atom. The van der Waals surface area contributed by atoms with Crippen LogP contribution in [0, 0.1) is 0 Å². The number of ether oxygens (including phenoxy) is 1. The lowest BCUT2D eigenvalue weighted by Crippen LogP contribution is -2.07. The molecule has 0 saturated carbocycles. The molecule has 0 atom stereocenters. The largest absolute Gasteiger partial charge is 0.462 e. The summed E-state index contributed by atoms with van der Waals surface area (Å²) in [6.07, 6.45) is 1.47. The number of aromatic nitrogens is 1. The van der Waals surface area contributed by atoms with Gasteiger partial charge in [-0.05, 0) is 26.0 Å². The summed E-state index contributed by atoms with van der Waals surface area (Å²) >= 11 is 0. The van der Waals surface area contributed by atoms with Crippen LogP contribution in [0.15, 0.2) is 23.5 Å². The number of carbonyl (C=O) groups is 1. The van der Waals surface area contributed by atoms with E-state index in [0.717, 1.165) is 0 Å². The molecule has 5 nitrogen and oxygen atoms in total. The normalized spacial score (nSPS) is 11.2. The number of hydrogen-bond acceptors (Lipinski definition) is 5. The van der Waals surface area contributed by atoms with Gasteiger partial charge in [0.05, 0.1) is 17.9 Å². The Hall–Kier alpha value is -1.91. The summed E-state index contributed by atoms with van der Waals surface area (Å²) in [5.74, 6) is -0.410. The SMILES string of the molecule is CCOC(=O)c1ccnc(C(C)=NO)c1. The van der Waals surface area contributed by atoms with Crippen LogP contribution in [0.5, 0.6) is 0 Å². The molecule has 0 aliphatic heterocycles. The number of carbonyl (C=O) groups excluding carboxylic acids is 1. The number of hydrogen-bond donors (Lipinski definition) is 1. The van der Waals surface area contributed by atoms with Gasteiger partial charge in [-0.15, -0.1) is 0 Å². The van der Waals surface area contributed by atoms with E-state index in [1.807, 2.05) is 0 Å². The third-order valence-electron chi connectivity index (χ3n) is 1.79. The van der Waals surface area contributed by atoms with E-state index in [1.54, 1.807) is 19.9 Å². The summed E-state index contributed by atoms with van der Waals surface area (Å²) in [6.45, 7) is 3.65. The van der Waals surface area contributed by atoms with Gasteiger partial charge in [0.1, 0.15) is 5.71 Å². The van der Waals surface area contributed by atoms with Gasteiger partial charge >= 0.3 is 5.97 Å². The molecule has 0 unspecified atom stereocenters. The van der Waals surface area contributed by atoms with Crippen molar-refractivity contribution in [2.75, 3.05) is 6.61 Å². The van der Waals surface area contributed by atoms with E-state index >= 15 is 0 Å². The lowest BCUT2D eigenvalue weighted by molar-refractivity contribution is 0.0526. The highest BCUT2D eigenvalue weighted by atomic mass is 16.5. The molecule has 15 heavy (non-hydrogen) atoms. The summed E-state index contributed by atoms with van der Waals surface area (Å²) in [7, 11) is 0. The molecular weight excluding hydrogens is 196 g/mol. The molecular formula is C10H12N2O3. The van der Waals surface area contributed by atoms with Crippen LogP contribution in [-0.4, -0.2) is 28.5 Å². The highest BCUT2D eigenvalue weighted by molar-refractivity contribution is 5.99. The van der Waals surface area contributed by atoms with Gasteiger partial charge in [-0.25, -0.2) is 4.79 Å². The highest BCUT2D eigenvalue weighted by Gasteiger charge is 2.08.